The maximum Gasteiger partial charge on any atom is 0.241 e. The minimum absolute atomic E-state index is 0.275. The van der Waals surface area contributed by atoms with Crippen molar-refractivity contribution in [1.29, 1.82) is 0 Å². The molecule has 0 spiro atoms. The summed E-state index contributed by atoms with van der Waals surface area (Å²) in [6.45, 7) is 2.30. The molecule has 4 aromatic carbocycles. The van der Waals surface area contributed by atoms with E-state index in [2.05, 4.69) is 158 Å². The molecule has 1 heterocycles. The molecule has 1 aromatic heterocycles. The van der Waals surface area contributed by atoms with Crippen molar-refractivity contribution in [3.05, 3.63) is 167 Å². The molecular weight excluding hydrogens is 475 g/mol. The fourth-order valence-corrected chi connectivity index (χ4v) is 6.10. The molecule has 5 aromatic rings. The molecule has 5 rings (SSSR count). The summed E-state index contributed by atoms with van der Waals surface area (Å²) < 4.78 is 2.31. The molecule has 1 radical (unpaired) electrons. The van der Waals surface area contributed by atoms with Gasteiger partial charge in [-0.05, 0) is 29.2 Å². The van der Waals surface area contributed by atoms with Crippen LogP contribution >= 0.6 is 0 Å². The van der Waals surface area contributed by atoms with Crippen molar-refractivity contribution >= 4 is 34.1 Å². The van der Waals surface area contributed by atoms with Crippen molar-refractivity contribution in [3.8, 4) is 0 Å². The van der Waals surface area contributed by atoms with Crippen LogP contribution in [0.5, 0.6) is 0 Å². The van der Waals surface area contributed by atoms with E-state index in [-0.39, 0.29) is 5.92 Å². The van der Waals surface area contributed by atoms with Crippen LogP contribution in [0, 0.1) is 0 Å². The summed E-state index contributed by atoms with van der Waals surface area (Å²) in [4.78, 5) is 4.73. The Balaban J connectivity index is 1.35. The summed E-state index contributed by atoms with van der Waals surface area (Å²) in [6, 6.07) is 42.7. The molecule has 0 atom stereocenters. The maximum atomic E-state index is 4.73. The zero-order valence-corrected chi connectivity index (χ0v) is 23.2. The van der Waals surface area contributed by atoms with Gasteiger partial charge in [0.2, 0.25) is 7.28 Å². The third kappa shape index (κ3) is 6.78. The normalized spacial score (nSPS) is 12.4. The van der Waals surface area contributed by atoms with Gasteiger partial charge in [-0.2, -0.15) is 0 Å². The summed E-state index contributed by atoms with van der Waals surface area (Å²) >= 11 is 0. The maximum absolute atomic E-state index is 4.73. The Hall–Kier alpha value is -4.15. The first kappa shape index (κ1) is 25.5. The molecule has 0 fully saturated rings. The zero-order valence-electron chi connectivity index (χ0n) is 21.8. The van der Waals surface area contributed by atoms with Crippen LogP contribution in [-0.2, 0) is 6.17 Å². The van der Waals surface area contributed by atoms with E-state index in [1.807, 2.05) is 6.20 Å². The predicted octanol–water partition coefficient (Wildman–Crippen LogP) is 6.27. The van der Waals surface area contributed by atoms with Crippen LogP contribution in [-0.4, -0.2) is 26.4 Å². The first-order valence-electron chi connectivity index (χ1n) is 13.2. The Morgan fingerprint density at radius 3 is 1.95 bits per heavy atom. The Morgan fingerprint density at radius 2 is 1.34 bits per heavy atom. The van der Waals surface area contributed by atoms with Gasteiger partial charge in [0.05, 0.1) is 15.2 Å². The van der Waals surface area contributed by atoms with Gasteiger partial charge in [0.1, 0.15) is 0 Å². The van der Waals surface area contributed by atoms with E-state index in [0.717, 1.165) is 17.4 Å². The first-order chi connectivity index (χ1) is 18.8. The number of hydrogen-bond donors (Lipinski definition) is 0. The predicted molar refractivity (Wildman–Crippen MR) is 165 cm³/mol. The molecule has 185 valence electrons. The van der Waals surface area contributed by atoms with Crippen molar-refractivity contribution in [1.82, 2.24) is 9.55 Å². The third-order valence-electron chi connectivity index (χ3n) is 6.78. The monoisotopic (exact) mass is 507 g/mol. The van der Waals surface area contributed by atoms with E-state index in [1.165, 1.54) is 27.5 Å². The second kappa shape index (κ2) is 12.9. The van der Waals surface area contributed by atoms with Crippen LogP contribution in [0.1, 0.15) is 35.1 Å². The number of imidazole rings is 1. The summed E-state index contributed by atoms with van der Waals surface area (Å²) in [5, 5.41) is 1.51. The number of aromatic nitrogens is 2. The lowest BCUT2D eigenvalue weighted by molar-refractivity contribution is 0.904. The molecule has 0 amide bonds. The van der Waals surface area contributed by atoms with Gasteiger partial charge in [-0.1, -0.05) is 144 Å². The number of rotatable bonds is 10. The summed E-state index contributed by atoms with van der Waals surface area (Å²) in [5.41, 5.74) is 7.20. The largest absolute Gasteiger partial charge is 0.346 e. The van der Waals surface area contributed by atoms with E-state index >= 15 is 0 Å². The lowest BCUT2D eigenvalue weighted by Crippen LogP contribution is -2.29. The Morgan fingerprint density at radius 1 is 0.789 bits per heavy atom. The van der Waals surface area contributed by atoms with Crippen LogP contribution in [0.4, 0.5) is 0 Å². The van der Waals surface area contributed by atoms with Crippen LogP contribution < -0.4 is 5.72 Å². The molecule has 0 aliphatic heterocycles. The average molecular weight is 508 g/mol. The third-order valence-corrected chi connectivity index (χ3v) is 8.51. The summed E-state index contributed by atoms with van der Waals surface area (Å²) in [5.74, 6) is 0.275. The topological polar surface area (TPSA) is 17.8 Å². The lowest BCUT2D eigenvalue weighted by atomic mass is 9.65. The fourth-order valence-electron chi connectivity index (χ4n) is 4.73. The van der Waals surface area contributed by atoms with Gasteiger partial charge in [-0.15, -0.1) is 0 Å². The van der Waals surface area contributed by atoms with Crippen LogP contribution in [0.3, 0.4) is 0 Å². The van der Waals surface area contributed by atoms with Crippen molar-refractivity contribution in [2.75, 3.05) is 0 Å². The summed E-state index contributed by atoms with van der Waals surface area (Å²) in [6.07, 6.45) is 9.76. The van der Waals surface area contributed by atoms with Gasteiger partial charge in [0.25, 0.3) is 0 Å². The quantitative estimate of drug-likeness (QED) is 0.161. The molecule has 0 saturated carbocycles. The SMILES string of the molecule is CC(=CC(c1ccccc1)c1ccccc1)[SiH2]Cn1ccnc1[B]C(=Cc1ccccc1)c1ccccc1. The molecule has 0 saturated heterocycles. The minimum atomic E-state index is -0.516. The molecule has 0 aliphatic rings. The van der Waals surface area contributed by atoms with Gasteiger partial charge in [0.15, 0.2) is 0 Å². The van der Waals surface area contributed by atoms with E-state index < -0.39 is 9.52 Å². The molecule has 0 bridgehead atoms. The second-order valence-corrected chi connectivity index (χ2v) is 11.6. The van der Waals surface area contributed by atoms with E-state index in [1.54, 1.807) is 0 Å². The van der Waals surface area contributed by atoms with Gasteiger partial charge in [-0.3, -0.25) is 4.98 Å². The van der Waals surface area contributed by atoms with E-state index in [9.17, 15) is 0 Å². The highest BCUT2D eigenvalue weighted by Crippen LogP contribution is 2.27. The van der Waals surface area contributed by atoms with E-state index in [0.29, 0.717) is 0 Å². The fraction of sp³-hybridized carbons (Fsp3) is 0.0882. The highest BCUT2D eigenvalue weighted by molar-refractivity contribution is 6.73. The average Bonchev–Trinajstić information content (AvgIpc) is 3.43. The van der Waals surface area contributed by atoms with Crippen molar-refractivity contribution in [2.24, 2.45) is 0 Å². The van der Waals surface area contributed by atoms with Crippen molar-refractivity contribution < 1.29 is 0 Å². The van der Waals surface area contributed by atoms with Crippen LogP contribution in [0.25, 0.3) is 11.5 Å². The molecule has 0 unspecified atom stereocenters. The lowest BCUT2D eigenvalue weighted by Gasteiger charge is -2.16. The molecular formula is C34H32BN2Si. The first-order valence-corrected chi connectivity index (χ1v) is 14.9. The number of benzene rings is 4. The van der Waals surface area contributed by atoms with Crippen LogP contribution in [0.15, 0.2) is 145 Å². The Labute approximate surface area is 229 Å². The minimum Gasteiger partial charge on any atom is -0.346 e. The second-order valence-electron chi connectivity index (χ2n) is 9.56. The molecule has 0 aliphatic carbocycles. The number of allylic oxidation sites excluding steroid dienone is 2. The van der Waals surface area contributed by atoms with Crippen molar-refractivity contribution in [3.63, 3.8) is 0 Å². The molecule has 4 heteroatoms. The molecule has 38 heavy (non-hydrogen) atoms. The standard InChI is InChI=1S/C34H32BN2Si/c1-27(24-32(29-16-8-3-9-17-29)30-18-10-4-11-19-30)38-26-37-23-22-36-34(37)35-33(31-20-12-5-13-21-31)25-28-14-6-2-7-15-28/h2-25,32H,26,38H2,1H3. The van der Waals surface area contributed by atoms with Crippen LogP contribution in [0.2, 0.25) is 0 Å². The van der Waals surface area contributed by atoms with E-state index in [4.69, 9.17) is 4.98 Å². The smallest absolute Gasteiger partial charge is 0.241 e. The molecule has 2 nitrogen and oxygen atoms in total. The highest BCUT2D eigenvalue weighted by Gasteiger charge is 2.13. The Bertz CT molecular complexity index is 1440. The Kier molecular flexibility index (Phi) is 8.65. The highest BCUT2D eigenvalue weighted by atomic mass is 28.2. The number of nitrogens with zero attached hydrogens (tertiary/aromatic N) is 2. The van der Waals surface area contributed by atoms with Gasteiger partial charge in [0, 0.05) is 24.5 Å². The van der Waals surface area contributed by atoms with Gasteiger partial charge in [-0.25, -0.2) is 0 Å². The zero-order chi connectivity index (χ0) is 26.0. The van der Waals surface area contributed by atoms with Gasteiger partial charge >= 0.3 is 0 Å². The summed E-state index contributed by atoms with van der Waals surface area (Å²) in [7, 11) is 1.70. The number of hydrogen-bond acceptors (Lipinski definition) is 1. The van der Waals surface area contributed by atoms with Gasteiger partial charge < -0.3 is 4.57 Å². The molecule has 0 N–H and O–H groups in total. The van der Waals surface area contributed by atoms with Crippen molar-refractivity contribution in [2.45, 2.75) is 19.0 Å².